The fourth-order valence-electron chi connectivity index (χ4n) is 2.84. The van der Waals surface area contributed by atoms with Crippen LogP contribution in [0.5, 0.6) is 5.75 Å². The van der Waals surface area contributed by atoms with Gasteiger partial charge in [-0.1, -0.05) is 6.07 Å². The second-order valence-electron chi connectivity index (χ2n) is 6.81. The fourth-order valence-corrected chi connectivity index (χ4v) is 2.84. The van der Waals surface area contributed by atoms with Gasteiger partial charge in [-0.05, 0) is 52.5 Å². The van der Waals surface area contributed by atoms with Gasteiger partial charge in [0.2, 0.25) is 0 Å². The van der Waals surface area contributed by atoms with Crippen LogP contribution in [0.1, 0.15) is 25.8 Å². The number of nitrogens with one attached hydrogen (secondary N) is 1. The van der Waals surface area contributed by atoms with Crippen LogP contribution in [0.15, 0.2) is 18.2 Å². The number of ether oxygens (including phenoxy) is 1. The first-order chi connectivity index (χ1) is 9.91. The molecule has 0 aliphatic carbocycles. The van der Waals surface area contributed by atoms with Gasteiger partial charge in [0.25, 0.3) is 0 Å². The molecule has 0 amide bonds. The smallest absolute Gasteiger partial charge is 0.120 e. The van der Waals surface area contributed by atoms with Crippen molar-refractivity contribution in [1.82, 2.24) is 10.2 Å². The monoisotopic (exact) mass is 291 g/mol. The summed E-state index contributed by atoms with van der Waals surface area (Å²) >= 11 is 0. The van der Waals surface area contributed by atoms with E-state index >= 15 is 0 Å². The highest BCUT2D eigenvalue weighted by Crippen LogP contribution is 2.30. The Hall–Kier alpha value is -1.26. The Labute approximate surface area is 129 Å². The van der Waals surface area contributed by atoms with Gasteiger partial charge in [-0.15, -0.1) is 0 Å². The first kappa shape index (κ1) is 16.1. The Bertz CT molecular complexity index is 471. The van der Waals surface area contributed by atoms with Gasteiger partial charge in [-0.3, -0.25) is 0 Å². The molecular formula is C17H29N3O. The molecule has 1 aromatic carbocycles. The van der Waals surface area contributed by atoms with E-state index in [1.807, 2.05) is 0 Å². The Morgan fingerprint density at radius 2 is 2.10 bits per heavy atom. The quantitative estimate of drug-likeness (QED) is 0.901. The summed E-state index contributed by atoms with van der Waals surface area (Å²) in [7, 11) is 5.99. The third-order valence-electron chi connectivity index (χ3n) is 4.01. The Kier molecular flexibility index (Phi) is 5.12. The van der Waals surface area contributed by atoms with Crippen LogP contribution in [-0.2, 0) is 6.54 Å². The molecule has 21 heavy (non-hydrogen) atoms. The maximum absolute atomic E-state index is 5.41. The van der Waals surface area contributed by atoms with Crippen molar-refractivity contribution >= 4 is 5.69 Å². The maximum atomic E-state index is 5.41. The maximum Gasteiger partial charge on any atom is 0.120 e. The average Bonchev–Trinajstić information content (AvgIpc) is 2.55. The van der Waals surface area contributed by atoms with Crippen molar-refractivity contribution < 1.29 is 4.74 Å². The number of hydrogen-bond acceptors (Lipinski definition) is 4. The molecule has 0 atom stereocenters. The van der Waals surface area contributed by atoms with Crippen LogP contribution in [0, 0.1) is 0 Å². The second kappa shape index (κ2) is 6.67. The van der Waals surface area contributed by atoms with Crippen molar-refractivity contribution in [1.29, 1.82) is 0 Å². The molecule has 0 unspecified atom stereocenters. The highest BCUT2D eigenvalue weighted by atomic mass is 16.5. The Morgan fingerprint density at radius 3 is 2.76 bits per heavy atom. The van der Waals surface area contributed by atoms with E-state index < -0.39 is 0 Å². The van der Waals surface area contributed by atoms with Gasteiger partial charge in [0.05, 0.1) is 7.11 Å². The van der Waals surface area contributed by atoms with E-state index in [2.05, 4.69) is 61.3 Å². The van der Waals surface area contributed by atoms with Crippen LogP contribution in [0.25, 0.3) is 0 Å². The number of benzene rings is 1. The zero-order chi connectivity index (χ0) is 15.5. The first-order valence-electron chi connectivity index (χ1n) is 7.73. The standard InChI is InChI=1S/C17H29N3O/c1-17(2)13-20(10-6-9-19(3)4)16-11-15(21-5)8-7-14(16)12-18-17/h7-8,11,18H,6,9-10,12-13H2,1-5H3. The van der Waals surface area contributed by atoms with E-state index in [-0.39, 0.29) is 5.54 Å². The third kappa shape index (κ3) is 4.35. The molecule has 4 heteroatoms. The van der Waals surface area contributed by atoms with E-state index in [0.29, 0.717) is 0 Å². The van der Waals surface area contributed by atoms with E-state index in [0.717, 1.165) is 31.9 Å². The summed E-state index contributed by atoms with van der Waals surface area (Å²) in [5.41, 5.74) is 2.78. The molecule has 0 radical (unpaired) electrons. The van der Waals surface area contributed by atoms with Crippen LogP contribution in [-0.4, -0.2) is 51.3 Å². The lowest BCUT2D eigenvalue weighted by Gasteiger charge is -2.32. The molecule has 0 bridgehead atoms. The van der Waals surface area contributed by atoms with Crippen molar-refractivity contribution in [3.63, 3.8) is 0 Å². The molecule has 1 heterocycles. The number of nitrogens with zero attached hydrogens (tertiary/aromatic N) is 2. The molecule has 118 valence electrons. The Morgan fingerprint density at radius 1 is 1.33 bits per heavy atom. The van der Waals surface area contributed by atoms with Crippen molar-refractivity contribution in [2.75, 3.05) is 45.7 Å². The second-order valence-corrected chi connectivity index (χ2v) is 6.81. The molecule has 0 fully saturated rings. The Balaban J connectivity index is 2.22. The summed E-state index contributed by atoms with van der Waals surface area (Å²) in [5, 5.41) is 3.65. The zero-order valence-electron chi connectivity index (χ0n) is 14.1. The normalized spacial score (nSPS) is 17.5. The molecule has 0 aromatic heterocycles. The van der Waals surface area contributed by atoms with Gasteiger partial charge in [0.1, 0.15) is 5.75 Å². The topological polar surface area (TPSA) is 27.7 Å². The number of anilines is 1. The van der Waals surface area contributed by atoms with E-state index in [9.17, 15) is 0 Å². The van der Waals surface area contributed by atoms with Gasteiger partial charge >= 0.3 is 0 Å². The number of rotatable bonds is 5. The fraction of sp³-hybridized carbons (Fsp3) is 0.647. The minimum Gasteiger partial charge on any atom is -0.497 e. The molecule has 2 rings (SSSR count). The van der Waals surface area contributed by atoms with Crippen LogP contribution >= 0.6 is 0 Å². The van der Waals surface area contributed by atoms with Crippen molar-refractivity contribution in [2.45, 2.75) is 32.4 Å². The van der Waals surface area contributed by atoms with Crippen LogP contribution < -0.4 is 15.0 Å². The van der Waals surface area contributed by atoms with Crippen LogP contribution in [0.3, 0.4) is 0 Å². The molecule has 4 nitrogen and oxygen atoms in total. The summed E-state index contributed by atoms with van der Waals surface area (Å²) in [4.78, 5) is 4.75. The molecule has 1 aromatic rings. The van der Waals surface area contributed by atoms with Crippen molar-refractivity contribution in [2.24, 2.45) is 0 Å². The average molecular weight is 291 g/mol. The summed E-state index contributed by atoms with van der Waals surface area (Å²) < 4.78 is 5.41. The molecule has 1 aliphatic heterocycles. The van der Waals surface area contributed by atoms with Crippen molar-refractivity contribution in [3.05, 3.63) is 23.8 Å². The van der Waals surface area contributed by atoms with Crippen molar-refractivity contribution in [3.8, 4) is 5.75 Å². The van der Waals surface area contributed by atoms with Crippen LogP contribution in [0.4, 0.5) is 5.69 Å². The third-order valence-corrected chi connectivity index (χ3v) is 4.01. The molecule has 1 N–H and O–H groups in total. The number of hydrogen-bond donors (Lipinski definition) is 1. The van der Waals surface area contributed by atoms with E-state index in [1.165, 1.54) is 17.7 Å². The molecule has 1 aliphatic rings. The summed E-state index contributed by atoms with van der Waals surface area (Å²) in [6.45, 7) is 8.66. The van der Waals surface area contributed by atoms with Gasteiger partial charge in [-0.2, -0.15) is 0 Å². The SMILES string of the molecule is COc1ccc2c(c1)N(CCCN(C)C)CC(C)(C)NC2. The highest BCUT2D eigenvalue weighted by molar-refractivity contribution is 5.58. The molecule has 0 saturated heterocycles. The largest absolute Gasteiger partial charge is 0.497 e. The summed E-state index contributed by atoms with van der Waals surface area (Å²) in [6.07, 6.45) is 1.17. The van der Waals surface area contributed by atoms with E-state index in [1.54, 1.807) is 7.11 Å². The molecule has 0 spiro atoms. The van der Waals surface area contributed by atoms with E-state index in [4.69, 9.17) is 4.74 Å². The lowest BCUT2D eigenvalue weighted by molar-refractivity contribution is 0.378. The van der Waals surface area contributed by atoms with Crippen LogP contribution in [0.2, 0.25) is 0 Å². The summed E-state index contributed by atoms with van der Waals surface area (Å²) in [6, 6.07) is 6.41. The summed E-state index contributed by atoms with van der Waals surface area (Å²) in [5.74, 6) is 0.936. The minimum atomic E-state index is 0.115. The zero-order valence-corrected chi connectivity index (χ0v) is 14.1. The predicted molar refractivity (Wildman–Crippen MR) is 89.3 cm³/mol. The first-order valence-corrected chi connectivity index (χ1v) is 7.73. The minimum absolute atomic E-state index is 0.115. The number of fused-ring (bicyclic) bond motifs is 1. The highest BCUT2D eigenvalue weighted by Gasteiger charge is 2.26. The van der Waals surface area contributed by atoms with Gasteiger partial charge in [0.15, 0.2) is 0 Å². The lowest BCUT2D eigenvalue weighted by Crippen LogP contribution is -2.47. The predicted octanol–water partition coefficient (Wildman–Crippen LogP) is 2.34. The number of methoxy groups -OCH3 is 1. The lowest BCUT2D eigenvalue weighted by atomic mass is 10.1. The molecule has 0 saturated carbocycles. The van der Waals surface area contributed by atoms with Gasteiger partial charge < -0.3 is 19.9 Å². The molecular weight excluding hydrogens is 262 g/mol. The van der Waals surface area contributed by atoms with Gasteiger partial charge in [0, 0.05) is 36.9 Å². The van der Waals surface area contributed by atoms with Gasteiger partial charge in [-0.25, -0.2) is 0 Å².